The summed E-state index contributed by atoms with van der Waals surface area (Å²) in [6, 6.07) is 16.9. The molecule has 31 heavy (non-hydrogen) atoms. The Balaban J connectivity index is 1.77. The van der Waals surface area contributed by atoms with E-state index in [0.29, 0.717) is 0 Å². The summed E-state index contributed by atoms with van der Waals surface area (Å²) in [5, 5.41) is 7.28. The number of ether oxygens (including phenoxy) is 1. The molecule has 0 saturated carbocycles. The molecule has 4 aromatic rings. The highest BCUT2D eigenvalue weighted by atomic mass is 32.1. The van der Waals surface area contributed by atoms with Crippen molar-refractivity contribution < 1.29 is 13.9 Å². The van der Waals surface area contributed by atoms with Gasteiger partial charge in [0.05, 0.1) is 19.4 Å². The van der Waals surface area contributed by atoms with Crippen LogP contribution in [0.15, 0.2) is 71.5 Å². The van der Waals surface area contributed by atoms with Crippen LogP contribution in [-0.4, -0.2) is 18.0 Å². The number of thiophene rings is 1. The van der Waals surface area contributed by atoms with E-state index in [-0.39, 0.29) is 17.7 Å². The predicted octanol–water partition coefficient (Wildman–Crippen LogP) is 5.82. The Hall–Kier alpha value is -3.58. The highest BCUT2D eigenvalue weighted by Crippen LogP contribution is 2.40. The third-order valence-electron chi connectivity index (χ3n) is 4.82. The zero-order chi connectivity index (χ0) is 21.8. The van der Waals surface area contributed by atoms with Crippen LogP contribution in [0.25, 0.3) is 0 Å². The molecule has 0 bridgehead atoms. The number of carbonyl (C=O) groups excluding carboxylic acids is 1. The minimum Gasteiger partial charge on any atom is -0.496 e. The molecule has 0 aliphatic heterocycles. The van der Waals surface area contributed by atoms with E-state index in [1.165, 1.54) is 17.6 Å². The molecule has 1 atom stereocenters. The molecule has 0 aliphatic carbocycles. The van der Waals surface area contributed by atoms with E-state index >= 15 is 0 Å². The molecule has 0 radical (unpaired) electrons. The Labute approximate surface area is 184 Å². The van der Waals surface area contributed by atoms with E-state index in [1.807, 2.05) is 50.2 Å². The Kier molecular flexibility index (Phi) is 6.04. The number of amides is 1. The number of anilines is 2. The largest absolute Gasteiger partial charge is 0.496 e. The van der Waals surface area contributed by atoms with Gasteiger partial charge in [0.15, 0.2) is 5.76 Å². The third-order valence-corrected chi connectivity index (χ3v) is 5.81. The molecule has 0 saturated heterocycles. The van der Waals surface area contributed by atoms with Crippen LogP contribution < -0.4 is 15.4 Å². The summed E-state index contributed by atoms with van der Waals surface area (Å²) in [5.74, 6) is 1.46. The lowest BCUT2D eigenvalue weighted by molar-refractivity contribution is 0.0997. The first-order valence-electron chi connectivity index (χ1n) is 9.82. The number of carbonyl (C=O) groups is 1. The smallest absolute Gasteiger partial charge is 0.291 e. The molecule has 0 aliphatic rings. The van der Waals surface area contributed by atoms with Gasteiger partial charge in [-0.15, -0.1) is 11.3 Å². The average molecular weight is 434 g/mol. The second-order valence-corrected chi connectivity index (χ2v) is 8.37. The van der Waals surface area contributed by atoms with E-state index in [2.05, 4.69) is 21.7 Å². The van der Waals surface area contributed by atoms with Gasteiger partial charge in [-0.3, -0.25) is 4.79 Å². The Morgan fingerprint density at radius 3 is 2.68 bits per heavy atom. The number of pyridine rings is 1. The fraction of sp³-hybridized carbons (Fsp3) is 0.167. The van der Waals surface area contributed by atoms with Crippen LogP contribution in [0.3, 0.4) is 0 Å². The van der Waals surface area contributed by atoms with Crippen molar-refractivity contribution >= 4 is 28.1 Å². The second-order valence-electron chi connectivity index (χ2n) is 7.11. The lowest BCUT2D eigenvalue weighted by Crippen LogP contribution is -2.17. The number of nitrogens with zero attached hydrogens (tertiary/aromatic N) is 1. The van der Waals surface area contributed by atoms with E-state index in [1.54, 1.807) is 25.4 Å². The van der Waals surface area contributed by atoms with Gasteiger partial charge in [0.2, 0.25) is 0 Å². The van der Waals surface area contributed by atoms with Crippen molar-refractivity contribution in [1.29, 1.82) is 0 Å². The van der Waals surface area contributed by atoms with Crippen LogP contribution in [0.4, 0.5) is 10.8 Å². The van der Waals surface area contributed by atoms with Gasteiger partial charge in [-0.2, -0.15) is 0 Å². The molecule has 1 aromatic carbocycles. The number of para-hydroxylation sites is 1. The minimum atomic E-state index is -0.291. The molecule has 0 spiro atoms. The van der Waals surface area contributed by atoms with Crippen molar-refractivity contribution in [2.24, 2.45) is 0 Å². The maximum atomic E-state index is 12.7. The topological polar surface area (TPSA) is 76.4 Å². The zero-order valence-electron chi connectivity index (χ0n) is 17.5. The Morgan fingerprint density at radius 2 is 1.94 bits per heavy atom. The van der Waals surface area contributed by atoms with Crippen molar-refractivity contribution in [1.82, 2.24) is 4.98 Å². The highest BCUT2D eigenvalue weighted by molar-refractivity contribution is 7.16. The first-order chi connectivity index (χ1) is 15.0. The van der Waals surface area contributed by atoms with Crippen LogP contribution in [0.1, 0.15) is 38.2 Å². The van der Waals surface area contributed by atoms with Gasteiger partial charge < -0.3 is 19.8 Å². The van der Waals surface area contributed by atoms with Crippen molar-refractivity contribution in [3.8, 4) is 5.75 Å². The van der Waals surface area contributed by atoms with E-state index in [9.17, 15) is 4.79 Å². The van der Waals surface area contributed by atoms with Crippen molar-refractivity contribution in [3.05, 3.63) is 94.4 Å². The summed E-state index contributed by atoms with van der Waals surface area (Å²) in [6.45, 7) is 4.04. The van der Waals surface area contributed by atoms with Gasteiger partial charge in [-0.05, 0) is 55.8 Å². The summed E-state index contributed by atoms with van der Waals surface area (Å²) in [4.78, 5) is 18.2. The van der Waals surface area contributed by atoms with Crippen molar-refractivity contribution in [3.63, 3.8) is 0 Å². The Bertz CT molecular complexity index is 1180. The van der Waals surface area contributed by atoms with E-state index in [0.717, 1.165) is 38.1 Å². The number of rotatable bonds is 7. The number of aryl methyl sites for hydroxylation is 2. The number of nitrogens with one attached hydrogen (secondary N) is 2. The maximum Gasteiger partial charge on any atom is 0.291 e. The molecule has 7 heteroatoms. The summed E-state index contributed by atoms with van der Waals surface area (Å²) >= 11 is 1.52. The number of benzene rings is 1. The number of hydrogen-bond donors (Lipinski definition) is 2. The summed E-state index contributed by atoms with van der Waals surface area (Å²) in [7, 11) is 1.65. The molecule has 4 rings (SSSR count). The van der Waals surface area contributed by atoms with Gasteiger partial charge in [0.1, 0.15) is 16.6 Å². The second kappa shape index (κ2) is 9.06. The molecule has 158 valence electrons. The highest BCUT2D eigenvalue weighted by Gasteiger charge is 2.25. The molecule has 1 amide bonds. The fourth-order valence-electron chi connectivity index (χ4n) is 3.41. The van der Waals surface area contributed by atoms with E-state index in [4.69, 9.17) is 9.15 Å². The van der Waals surface area contributed by atoms with Crippen molar-refractivity contribution in [2.45, 2.75) is 19.9 Å². The molecule has 3 heterocycles. The summed E-state index contributed by atoms with van der Waals surface area (Å²) in [5.41, 5.74) is 2.97. The van der Waals surface area contributed by atoms with Crippen LogP contribution in [0, 0.1) is 13.8 Å². The maximum absolute atomic E-state index is 12.7. The monoisotopic (exact) mass is 433 g/mol. The first kappa shape index (κ1) is 20.7. The normalized spacial score (nSPS) is 11.7. The molecular formula is C24H23N3O3S. The summed E-state index contributed by atoms with van der Waals surface area (Å²) in [6.07, 6.45) is 3.26. The van der Waals surface area contributed by atoms with Gasteiger partial charge in [-0.1, -0.05) is 18.2 Å². The van der Waals surface area contributed by atoms with Gasteiger partial charge in [0.25, 0.3) is 5.91 Å². The molecule has 0 unspecified atom stereocenters. The van der Waals surface area contributed by atoms with Crippen LogP contribution in [0.5, 0.6) is 5.75 Å². The molecule has 6 nitrogen and oxygen atoms in total. The summed E-state index contributed by atoms with van der Waals surface area (Å²) < 4.78 is 10.9. The van der Waals surface area contributed by atoms with Crippen LogP contribution in [0.2, 0.25) is 0 Å². The number of furan rings is 1. The predicted molar refractivity (Wildman–Crippen MR) is 123 cm³/mol. The van der Waals surface area contributed by atoms with Gasteiger partial charge in [-0.25, -0.2) is 4.98 Å². The SMILES string of the molecule is COc1ccccc1[C@@H](Nc1cc(C)ccn1)c1cc(C)sc1NC(=O)c1ccco1. The van der Waals surface area contributed by atoms with Crippen molar-refractivity contribution in [2.75, 3.05) is 17.7 Å². The average Bonchev–Trinajstić information content (AvgIpc) is 3.42. The van der Waals surface area contributed by atoms with Crippen LogP contribution in [-0.2, 0) is 0 Å². The van der Waals surface area contributed by atoms with Gasteiger partial charge in [0, 0.05) is 22.2 Å². The lowest BCUT2D eigenvalue weighted by atomic mass is 9.98. The third kappa shape index (κ3) is 4.62. The quantitative estimate of drug-likeness (QED) is 0.384. The molecule has 3 aromatic heterocycles. The Morgan fingerprint density at radius 1 is 1.10 bits per heavy atom. The first-order valence-corrected chi connectivity index (χ1v) is 10.6. The number of methoxy groups -OCH3 is 1. The lowest BCUT2D eigenvalue weighted by Gasteiger charge is -2.23. The standard InChI is InChI=1S/C24H23N3O3S/c1-15-10-11-25-21(13-15)26-22(17-7-4-5-8-19(17)29-3)18-14-16(2)31-24(18)27-23(28)20-9-6-12-30-20/h4-14,22H,1-3H3,(H,25,26)(H,27,28)/t22-/m1/s1. The van der Waals surface area contributed by atoms with Crippen LogP contribution >= 0.6 is 11.3 Å². The number of hydrogen-bond acceptors (Lipinski definition) is 6. The fourth-order valence-corrected chi connectivity index (χ4v) is 4.36. The number of aromatic nitrogens is 1. The molecule has 0 fully saturated rings. The van der Waals surface area contributed by atoms with E-state index < -0.39 is 0 Å². The van der Waals surface area contributed by atoms with Gasteiger partial charge >= 0.3 is 0 Å². The molecule has 2 N–H and O–H groups in total. The minimum absolute atomic E-state index is 0.263. The zero-order valence-corrected chi connectivity index (χ0v) is 18.3. The molecular weight excluding hydrogens is 410 g/mol.